The standard InChI is InChI=1S/C17H23NOS/c1-12-6-7-16(20-15-8-9-19-13(15)2)14(10-12)11-18-17(3,4)5/h6-10,18H,11H2,1-5H3. The normalized spacial score (nSPS) is 11.8. The Bertz CT molecular complexity index is 581. The summed E-state index contributed by atoms with van der Waals surface area (Å²) >= 11 is 1.77. The molecule has 108 valence electrons. The first-order valence-corrected chi connectivity index (χ1v) is 7.73. The molecule has 1 aromatic carbocycles. The highest BCUT2D eigenvalue weighted by Gasteiger charge is 2.12. The van der Waals surface area contributed by atoms with Crippen molar-refractivity contribution in [1.82, 2.24) is 5.32 Å². The average molecular weight is 289 g/mol. The van der Waals surface area contributed by atoms with Gasteiger partial charge in [-0.2, -0.15) is 0 Å². The first-order valence-electron chi connectivity index (χ1n) is 6.92. The molecule has 1 N–H and O–H groups in total. The van der Waals surface area contributed by atoms with Crippen LogP contribution in [0.1, 0.15) is 37.7 Å². The van der Waals surface area contributed by atoms with Crippen LogP contribution in [-0.2, 0) is 6.54 Å². The van der Waals surface area contributed by atoms with E-state index in [1.165, 1.54) is 20.9 Å². The Morgan fingerprint density at radius 1 is 1.10 bits per heavy atom. The molecule has 0 bridgehead atoms. The van der Waals surface area contributed by atoms with Gasteiger partial charge in [0, 0.05) is 17.0 Å². The van der Waals surface area contributed by atoms with Gasteiger partial charge in [0.15, 0.2) is 0 Å². The van der Waals surface area contributed by atoms with Gasteiger partial charge in [-0.1, -0.05) is 29.5 Å². The highest BCUT2D eigenvalue weighted by Crippen LogP contribution is 2.33. The SMILES string of the molecule is Cc1ccc(Sc2ccoc2C)c(CNC(C)(C)C)c1. The number of furan rings is 1. The fraction of sp³-hybridized carbons (Fsp3) is 0.412. The second kappa shape index (κ2) is 6.06. The van der Waals surface area contributed by atoms with Gasteiger partial charge in [0.1, 0.15) is 5.76 Å². The van der Waals surface area contributed by atoms with Gasteiger partial charge in [0.25, 0.3) is 0 Å². The van der Waals surface area contributed by atoms with Crippen LogP contribution in [0.25, 0.3) is 0 Å². The molecule has 0 fully saturated rings. The monoisotopic (exact) mass is 289 g/mol. The van der Waals surface area contributed by atoms with E-state index in [2.05, 4.69) is 51.2 Å². The molecule has 2 rings (SSSR count). The minimum atomic E-state index is 0.122. The number of aryl methyl sites for hydroxylation is 2. The summed E-state index contributed by atoms with van der Waals surface area (Å²) in [6, 6.07) is 8.65. The second-order valence-electron chi connectivity index (χ2n) is 6.16. The van der Waals surface area contributed by atoms with Crippen LogP contribution in [0.5, 0.6) is 0 Å². The molecule has 0 atom stereocenters. The predicted molar refractivity (Wildman–Crippen MR) is 85.3 cm³/mol. The van der Waals surface area contributed by atoms with Crippen LogP contribution in [0.2, 0.25) is 0 Å². The van der Waals surface area contributed by atoms with Crippen molar-refractivity contribution in [2.75, 3.05) is 0 Å². The molecule has 0 saturated carbocycles. The number of hydrogen-bond acceptors (Lipinski definition) is 3. The molecule has 2 aromatic rings. The molecule has 1 heterocycles. The lowest BCUT2D eigenvalue weighted by Crippen LogP contribution is -2.35. The molecule has 0 aliphatic heterocycles. The lowest BCUT2D eigenvalue weighted by molar-refractivity contribution is 0.422. The van der Waals surface area contributed by atoms with Gasteiger partial charge < -0.3 is 9.73 Å². The van der Waals surface area contributed by atoms with Gasteiger partial charge in [0.05, 0.1) is 11.2 Å². The Morgan fingerprint density at radius 2 is 1.85 bits per heavy atom. The maximum Gasteiger partial charge on any atom is 0.114 e. The van der Waals surface area contributed by atoms with Crippen molar-refractivity contribution < 1.29 is 4.42 Å². The van der Waals surface area contributed by atoms with E-state index in [1.807, 2.05) is 13.0 Å². The summed E-state index contributed by atoms with van der Waals surface area (Å²) in [5.74, 6) is 0.977. The lowest BCUT2D eigenvalue weighted by Gasteiger charge is -2.21. The van der Waals surface area contributed by atoms with E-state index in [1.54, 1.807) is 18.0 Å². The van der Waals surface area contributed by atoms with Gasteiger partial charge in [-0.25, -0.2) is 0 Å². The van der Waals surface area contributed by atoms with Gasteiger partial charge >= 0.3 is 0 Å². The van der Waals surface area contributed by atoms with Crippen molar-refractivity contribution in [1.29, 1.82) is 0 Å². The average Bonchev–Trinajstić information content (AvgIpc) is 2.74. The quantitative estimate of drug-likeness (QED) is 0.863. The van der Waals surface area contributed by atoms with E-state index >= 15 is 0 Å². The number of hydrogen-bond donors (Lipinski definition) is 1. The van der Waals surface area contributed by atoms with Crippen LogP contribution in [0, 0.1) is 13.8 Å². The third-order valence-corrected chi connectivity index (χ3v) is 4.32. The van der Waals surface area contributed by atoms with E-state index in [9.17, 15) is 0 Å². The van der Waals surface area contributed by atoms with Crippen LogP contribution in [0.15, 0.2) is 44.7 Å². The molecule has 20 heavy (non-hydrogen) atoms. The Hall–Kier alpha value is -1.19. The number of benzene rings is 1. The maximum absolute atomic E-state index is 5.38. The van der Waals surface area contributed by atoms with Gasteiger partial charge in [-0.15, -0.1) is 0 Å². The van der Waals surface area contributed by atoms with Crippen molar-refractivity contribution in [2.24, 2.45) is 0 Å². The molecule has 3 heteroatoms. The molecule has 0 saturated heterocycles. The van der Waals surface area contributed by atoms with Gasteiger partial charge in [-0.3, -0.25) is 0 Å². The summed E-state index contributed by atoms with van der Waals surface area (Å²) in [5.41, 5.74) is 2.76. The summed E-state index contributed by atoms with van der Waals surface area (Å²) in [5, 5.41) is 3.56. The third kappa shape index (κ3) is 4.15. The van der Waals surface area contributed by atoms with Crippen molar-refractivity contribution in [3.05, 3.63) is 47.4 Å². The highest BCUT2D eigenvalue weighted by molar-refractivity contribution is 7.99. The summed E-state index contributed by atoms with van der Waals surface area (Å²) in [6.45, 7) is 11.6. The molecule has 0 aliphatic rings. The fourth-order valence-corrected chi connectivity index (χ4v) is 2.85. The van der Waals surface area contributed by atoms with Crippen molar-refractivity contribution >= 4 is 11.8 Å². The maximum atomic E-state index is 5.38. The molecule has 1 aromatic heterocycles. The van der Waals surface area contributed by atoms with Crippen LogP contribution in [-0.4, -0.2) is 5.54 Å². The third-order valence-electron chi connectivity index (χ3n) is 3.06. The smallest absolute Gasteiger partial charge is 0.114 e. The Balaban J connectivity index is 2.21. The molecular weight excluding hydrogens is 266 g/mol. The zero-order valence-electron chi connectivity index (χ0n) is 12.9. The predicted octanol–water partition coefficient (Wildman–Crippen LogP) is 4.94. The molecule has 0 aliphatic carbocycles. The molecule has 0 radical (unpaired) electrons. The topological polar surface area (TPSA) is 25.2 Å². The summed E-state index contributed by atoms with van der Waals surface area (Å²) < 4.78 is 5.38. The molecule has 0 unspecified atom stereocenters. The van der Waals surface area contributed by atoms with Crippen LogP contribution in [0.3, 0.4) is 0 Å². The van der Waals surface area contributed by atoms with E-state index in [-0.39, 0.29) is 5.54 Å². The molecular formula is C17H23NOS. The van der Waals surface area contributed by atoms with Gasteiger partial charge in [0.2, 0.25) is 0 Å². The van der Waals surface area contributed by atoms with Crippen LogP contribution >= 0.6 is 11.8 Å². The zero-order chi connectivity index (χ0) is 14.8. The Labute approximate surface area is 126 Å². The minimum Gasteiger partial charge on any atom is -0.468 e. The minimum absolute atomic E-state index is 0.122. The van der Waals surface area contributed by atoms with Crippen molar-refractivity contribution in [2.45, 2.75) is 56.5 Å². The highest BCUT2D eigenvalue weighted by atomic mass is 32.2. The van der Waals surface area contributed by atoms with Crippen LogP contribution in [0.4, 0.5) is 0 Å². The first-order chi connectivity index (χ1) is 9.35. The summed E-state index contributed by atoms with van der Waals surface area (Å²) in [4.78, 5) is 2.47. The van der Waals surface area contributed by atoms with E-state index in [0.29, 0.717) is 0 Å². The van der Waals surface area contributed by atoms with E-state index < -0.39 is 0 Å². The molecule has 0 spiro atoms. The fourth-order valence-electron chi connectivity index (χ4n) is 1.90. The van der Waals surface area contributed by atoms with E-state index in [0.717, 1.165) is 12.3 Å². The van der Waals surface area contributed by atoms with Gasteiger partial charge in [-0.05, 0) is 52.3 Å². The Kier molecular flexibility index (Phi) is 4.61. The lowest BCUT2D eigenvalue weighted by atomic mass is 10.1. The first kappa shape index (κ1) is 15.2. The van der Waals surface area contributed by atoms with Crippen LogP contribution < -0.4 is 5.32 Å². The number of rotatable bonds is 4. The second-order valence-corrected chi connectivity index (χ2v) is 7.24. The molecule has 2 nitrogen and oxygen atoms in total. The summed E-state index contributed by atoms with van der Waals surface area (Å²) in [7, 11) is 0. The number of nitrogens with one attached hydrogen (secondary N) is 1. The zero-order valence-corrected chi connectivity index (χ0v) is 13.7. The Morgan fingerprint density at radius 3 is 2.45 bits per heavy atom. The molecule has 0 amide bonds. The summed E-state index contributed by atoms with van der Waals surface area (Å²) in [6.07, 6.45) is 1.75. The van der Waals surface area contributed by atoms with Crippen molar-refractivity contribution in [3.8, 4) is 0 Å². The van der Waals surface area contributed by atoms with E-state index in [4.69, 9.17) is 4.42 Å². The largest absolute Gasteiger partial charge is 0.468 e. The van der Waals surface area contributed by atoms with Crippen molar-refractivity contribution in [3.63, 3.8) is 0 Å².